The number of rotatable bonds is 9. The minimum absolute atomic E-state index is 0.0306. The molecule has 0 fully saturated rings. The predicted octanol–water partition coefficient (Wildman–Crippen LogP) is 6.60. The summed E-state index contributed by atoms with van der Waals surface area (Å²) in [6, 6.07) is 26.2. The summed E-state index contributed by atoms with van der Waals surface area (Å²) in [6.07, 6.45) is 6.22. The van der Waals surface area contributed by atoms with Gasteiger partial charge in [0.05, 0.1) is 29.4 Å². The van der Waals surface area contributed by atoms with Gasteiger partial charge in [0.2, 0.25) is 10.0 Å². The maximum absolute atomic E-state index is 14.6. The van der Waals surface area contributed by atoms with Crippen LogP contribution in [0.15, 0.2) is 104 Å². The average molecular weight is 619 g/mol. The summed E-state index contributed by atoms with van der Waals surface area (Å²) in [7, 11) is -3.44. The number of pyridine rings is 2. The number of hydrogen-bond donors (Lipinski definition) is 3. The van der Waals surface area contributed by atoms with Gasteiger partial charge < -0.3 is 9.72 Å². The van der Waals surface area contributed by atoms with Gasteiger partial charge in [0.1, 0.15) is 23.9 Å². The first-order valence-corrected chi connectivity index (χ1v) is 16.0. The van der Waals surface area contributed by atoms with Gasteiger partial charge in [0.15, 0.2) is 0 Å². The molecule has 3 N–H and O–H groups in total. The Labute approximate surface area is 258 Å². The fourth-order valence-electron chi connectivity index (χ4n) is 5.31. The molecule has 0 bridgehead atoms. The first-order chi connectivity index (χ1) is 21.8. The number of aromatic amines is 2. The minimum Gasteiger partial charge on any atom is -0.487 e. The molecule has 0 spiro atoms. The van der Waals surface area contributed by atoms with Crippen molar-refractivity contribution in [2.45, 2.75) is 13.2 Å². The van der Waals surface area contributed by atoms with E-state index < -0.39 is 15.8 Å². The van der Waals surface area contributed by atoms with Crippen LogP contribution in [0.3, 0.4) is 0 Å². The fourth-order valence-corrected chi connectivity index (χ4v) is 5.74. The van der Waals surface area contributed by atoms with E-state index in [2.05, 4.69) is 35.9 Å². The van der Waals surface area contributed by atoms with Crippen molar-refractivity contribution >= 4 is 31.8 Å². The van der Waals surface area contributed by atoms with Gasteiger partial charge in [-0.05, 0) is 65.2 Å². The first-order valence-electron chi connectivity index (χ1n) is 14.1. The van der Waals surface area contributed by atoms with Crippen LogP contribution in [0.5, 0.6) is 5.75 Å². The van der Waals surface area contributed by atoms with E-state index in [0.29, 0.717) is 29.2 Å². The summed E-state index contributed by atoms with van der Waals surface area (Å²) in [5.74, 6) is 0.189. The van der Waals surface area contributed by atoms with Gasteiger partial charge in [0.25, 0.3) is 0 Å². The highest BCUT2D eigenvalue weighted by Gasteiger charge is 2.16. The Morgan fingerprint density at radius 3 is 2.51 bits per heavy atom. The quantitative estimate of drug-likeness (QED) is 0.167. The zero-order chi connectivity index (χ0) is 31.0. The van der Waals surface area contributed by atoms with Gasteiger partial charge in [-0.25, -0.2) is 17.5 Å². The summed E-state index contributed by atoms with van der Waals surface area (Å²) in [5.41, 5.74) is 7.67. The van der Waals surface area contributed by atoms with Gasteiger partial charge in [0, 0.05) is 46.4 Å². The molecule has 0 atom stereocenters. The molecule has 11 heteroatoms. The van der Waals surface area contributed by atoms with E-state index in [1.54, 1.807) is 24.7 Å². The first kappa shape index (κ1) is 28.4. The van der Waals surface area contributed by atoms with Crippen LogP contribution in [0.1, 0.15) is 11.1 Å². The predicted molar refractivity (Wildman–Crippen MR) is 172 cm³/mol. The Kier molecular flexibility index (Phi) is 7.32. The van der Waals surface area contributed by atoms with Crippen LogP contribution in [0.4, 0.5) is 4.39 Å². The van der Waals surface area contributed by atoms with Crippen molar-refractivity contribution in [3.8, 4) is 39.5 Å². The van der Waals surface area contributed by atoms with Crippen molar-refractivity contribution < 1.29 is 17.5 Å². The number of halogens is 1. The lowest BCUT2D eigenvalue weighted by Gasteiger charge is -2.08. The summed E-state index contributed by atoms with van der Waals surface area (Å²) in [6.45, 7) is 0.416. The van der Waals surface area contributed by atoms with Crippen molar-refractivity contribution in [1.29, 1.82) is 0 Å². The van der Waals surface area contributed by atoms with E-state index in [0.717, 1.165) is 56.1 Å². The molecule has 0 saturated carbocycles. The summed E-state index contributed by atoms with van der Waals surface area (Å²) < 4.78 is 46.2. The number of hydrogen-bond acceptors (Lipinski definition) is 6. The van der Waals surface area contributed by atoms with Crippen LogP contribution in [0.25, 0.3) is 55.6 Å². The Balaban J connectivity index is 1.22. The topological polar surface area (TPSA) is 126 Å². The zero-order valence-electron chi connectivity index (χ0n) is 24.1. The second-order valence-corrected chi connectivity index (χ2v) is 12.6. The normalized spacial score (nSPS) is 11.8. The highest BCUT2D eigenvalue weighted by Crippen LogP contribution is 2.35. The minimum atomic E-state index is -3.44. The molecule has 0 saturated heterocycles. The molecule has 7 aromatic rings. The summed E-state index contributed by atoms with van der Waals surface area (Å²) >= 11 is 0. The number of H-pyrrole nitrogens is 2. The lowest BCUT2D eigenvalue weighted by Crippen LogP contribution is -2.21. The molecule has 4 heterocycles. The second kappa shape index (κ2) is 11.6. The molecule has 0 amide bonds. The lowest BCUT2D eigenvalue weighted by molar-refractivity contribution is 0.305. The Morgan fingerprint density at radius 1 is 0.822 bits per heavy atom. The zero-order valence-corrected chi connectivity index (χ0v) is 24.9. The smallest absolute Gasteiger partial charge is 0.209 e. The van der Waals surface area contributed by atoms with Crippen molar-refractivity contribution in [1.82, 2.24) is 29.9 Å². The van der Waals surface area contributed by atoms with Gasteiger partial charge >= 0.3 is 0 Å². The number of benzene rings is 3. The molecule has 0 aliphatic heterocycles. The van der Waals surface area contributed by atoms with E-state index in [1.807, 2.05) is 60.7 Å². The Hall–Kier alpha value is -5.39. The monoisotopic (exact) mass is 618 g/mol. The molecule has 0 aliphatic carbocycles. The molecule has 224 valence electrons. The third kappa shape index (κ3) is 6.17. The van der Waals surface area contributed by atoms with Gasteiger partial charge in [-0.3, -0.25) is 15.1 Å². The van der Waals surface area contributed by atoms with Crippen LogP contribution in [0, 0.1) is 5.82 Å². The van der Waals surface area contributed by atoms with E-state index in [4.69, 9.17) is 4.74 Å². The highest BCUT2D eigenvalue weighted by atomic mass is 32.2. The molecule has 0 unspecified atom stereocenters. The van der Waals surface area contributed by atoms with E-state index in [9.17, 15) is 12.8 Å². The number of nitrogens with zero attached hydrogens (tertiary/aromatic N) is 3. The molecule has 3 aromatic carbocycles. The SMILES string of the molecule is CS(=O)(=O)NCc1cc(F)cc(-c2nccc3[nH]c(-c4n[nH]c5ccc(-c6cncc(OCc7ccccc7)c6)cc45)cc23)c1. The number of aromatic nitrogens is 5. The van der Waals surface area contributed by atoms with Crippen molar-refractivity contribution in [3.05, 3.63) is 120 Å². The summed E-state index contributed by atoms with van der Waals surface area (Å²) in [4.78, 5) is 12.4. The standard InChI is InChI=1S/C34H27FN6O3S/c1-45(42,43)38-17-22-11-24(13-26(35)12-22)33-29-16-32(39-30(29)9-10-37-33)34-28-15-23(7-8-31(28)40-41-34)25-14-27(19-36-18-25)44-20-21-5-3-2-4-6-21/h2-16,18-19,38-39H,17,20H2,1H3,(H,40,41). The molecule has 45 heavy (non-hydrogen) atoms. The van der Waals surface area contributed by atoms with Gasteiger partial charge in [-0.2, -0.15) is 5.10 Å². The van der Waals surface area contributed by atoms with Gasteiger partial charge in [-0.15, -0.1) is 0 Å². The molecule has 4 aromatic heterocycles. The van der Waals surface area contributed by atoms with Crippen molar-refractivity contribution in [2.24, 2.45) is 0 Å². The summed E-state index contributed by atoms with van der Waals surface area (Å²) in [5, 5.41) is 9.41. The number of nitrogens with one attached hydrogen (secondary N) is 3. The van der Waals surface area contributed by atoms with E-state index in [1.165, 1.54) is 12.1 Å². The highest BCUT2D eigenvalue weighted by molar-refractivity contribution is 7.88. The van der Waals surface area contributed by atoms with Crippen LogP contribution in [-0.2, 0) is 23.2 Å². The third-order valence-electron chi connectivity index (χ3n) is 7.43. The van der Waals surface area contributed by atoms with Crippen molar-refractivity contribution in [3.63, 3.8) is 0 Å². The lowest BCUT2D eigenvalue weighted by atomic mass is 10.0. The van der Waals surface area contributed by atoms with E-state index in [-0.39, 0.29) is 6.54 Å². The van der Waals surface area contributed by atoms with Gasteiger partial charge in [-0.1, -0.05) is 36.4 Å². The molecular formula is C34H27FN6O3S. The van der Waals surface area contributed by atoms with Crippen LogP contribution in [0.2, 0.25) is 0 Å². The number of fused-ring (bicyclic) bond motifs is 2. The van der Waals surface area contributed by atoms with E-state index >= 15 is 0 Å². The molecule has 0 radical (unpaired) electrons. The molecular weight excluding hydrogens is 591 g/mol. The molecule has 9 nitrogen and oxygen atoms in total. The molecule has 0 aliphatic rings. The Morgan fingerprint density at radius 2 is 1.67 bits per heavy atom. The average Bonchev–Trinajstić information content (AvgIpc) is 3.67. The second-order valence-electron chi connectivity index (χ2n) is 10.8. The maximum Gasteiger partial charge on any atom is 0.209 e. The number of sulfonamides is 1. The molecule has 7 rings (SSSR count). The number of ether oxygens (including phenoxy) is 1. The maximum atomic E-state index is 14.6. The Bertz CT molecular complexity index is 2280. The largest absolute Gasteiger partial charge is 0.487 e. The third-order valence-corrected chi connectivity index (χ3v) is 8.10. The fraction of sp³-hybridized carbons (Fsp3) is 0.0882. The van der Waals surface area contributed by atoms with Crippen LogP contribution < -0.4 is 9.46 Å². The van der Waals surface area contributed by atoms with Crippen LogP contribution >= 0.6 is 0 Å². The van der Waals surface area contributed by atoms with Crippen molar-refractivity contribution in [2.75, 3.05) is 6.26 Å². The van der Waals surface area contributed by atoms with Crippen LogP contribution in [-0.4, -0.2) is 39.8 Å².